The Hall–Kier alpha value is -3.19. The van der Waals surface area contributed by atoms with E-state index < -0.39 is 0 Å². The van der Waals surface area contributed by atoms with Crippen LogP contribution in [0.1, 0.15) is 12.8 Å². The number of pyridine rings is 1. The SMILES string of the molecule is O=C(CCCn1nc(-c2cccnc2)ccc1=O)N1CCN(c2ccccc2Cl)CC1. The molecule has 0 saturated carbocycles. The Bertz CT molecular complexity index is 1090. The Labute approximate surface area is 185 Å². The van der Waals surface area contributed by atoms with Crippen LogP contribution in [0.3, 0.4) is 0 Å². The number of rotatable bonds is 6. The van der Waals surface area contributed by atoms with E-state index in [2.05, 4.69) is 15.0 Å². The van der Waals surface area contributed by atoms with Gasteiger partial charge in [-0.15, -0.1) is 0 Å². The number of carbonyl (C=O) groups is 1. The molecular formula is C23H24ClN5O2. The molecule has 0 atom stereocenters. The van der Waals surface area contributed by atoms with Crippen molar-refractivity contribution in [2.75, 3.05) is 31.1 Å². The summed E-state index contributed by atoms with van der Waals surface area (Å²) in [6.45, 7) is 3.24. The van der Waals surface area contributed by atoms with Gasteiger partial charge >= 0.3 is 0 Å². The van der Waals surface area contributed by atoms with Gasteiger partial charge in [-0.2, -0.15) is 5.10 Å². The lowest BCUT2D eigenvalue weighted by atomic mass is 10.2. The van der Waals surface area contributed by atoms with E-state index in [4.69, 9.17) is 11.6 Å². The van der Waals surface area contributed by atoms with Gasteiger partial charge in [-0.1, -0.05) is 23.7 Å². The number of carbonyl (C=O) groups excluding carboxylic acids is 1. The zero-order valence-corrected chi connectivity index (χ0v) is 17.9. The van der Waals surface area contributed by atoms with E-state index in [0.717, 1.165) is 29.4 Å². The van der Waals surface area contributed by atoms with Crippen LogP contribution in [0.15, 0.2) is 65.7 Å². The van der Waals surface area contributed by atoms with Gasteiger partial charge in [0.1, 0.15) is 0 Å². The summed E-state index contributed by atoms with van der Waals surface area (Å²) in [4.78, 5) is 33.0. The number of nitrogens with zero attached hydrogens (tertiary/aromatic N) is 5. The zero-order valence-electron chi connectivity index (χ0n) is 17.2. The lowest BCUT2D eigenvalue weighted by Gasteiger charge is -2.36. The molecule has 160 valence electrons. The average molecular weight is 438 g/mol. The summed E-state index contributed by atoms with van der Waals surface area (Å²) in [7, 11) is 0. The smallest absolute Gasteiger partial charge is 0.266 e. The first kappa shape index (κ1) is 21.1. The molecule has 0 bridgehead atoms. The molecule has 1 amide bonds. The molecule has 1 aliphatic rings. The molecule has 1 aliphatic heterocycles. The second kappa shape index (κ2) is 9.75. The molecule has 2 aromatic heterocycles. The van der Waals surface area contributed by atoms with Crippen LogP contribution in [-0.2, 0) is 11.3 Å². The van der Waals surface area contributed by atoms with E-state index in [1.165, 1.54) is 10.7 Å². The Balaban J connectivity index is 1.29. The minimum Gasteiger partial charge on any atom is -0.367 e. The molecule has 3 aromatic rings. The molecule has 3 heterocycles. The molecule has 1 fully saturated rings. The summed E-state index contributed by atoms with van der Waals surface area (Å²) < 4.78 is 1.42. The van der Waals surface area contributed by atoms with Crippen LogP contribution in [0.25, 0.3) is 11.3 Å². The average Bonchev–Trinajstić information content (AvgIpc) is 2.81. The highest BCUT2D eigenvalue weighted by atomic mass is 35.5. The number of anilines is 1. The van der Waals surface area contributed by atoms with Crippen LogP contribution in [0, 0.1) is 0 Å². The van der Waals surface area contributed by atoms with Crippen molar-refractivity contribution in [3.05, 3.63) is 76.3 Å². The largest absolute Gasteiger partial charge is 0.367 e. The number of aromatic nitrogens is 3. The van der Waals surface area contributed by atoms with Crippen molar-refractivity contribution in [1.29, 1.82) is 0 Å². The fourth-order valence-electron chi connectivity index (χ4n) is 3.72. The standard InChI is InChI=1S/C23H24ClN5O2/c24-19-6-1-2-7-21(19)27-13-15-28(16-14-27)22(30)8-4-12-29-23(31)10-9-20(26-29)18-5-3-11-25-17-18/h1-3,5-7,9-11,17H,4,8,12-16H2. The normalized spacial score (nSPS) is 14.0. The van der Waals surface area contributed by atoms with Gasteiger partial charge in [-0.05, 0) is 36.8 Å². The summed E-state index contributed by atoms with van der Waals surface area (Å²) in [6.07, 6.45) is 4.35. The van der Waals surface area contributed by atoms with Crippen LogP contribution >= 0.6 is 11.6 Å². The van der Waals surface area contributed by atoms with Crippen molar-refractivity contribution in [3.63, 3.8) is 0 Å². The van der Waals surface area contributed by atoms with Crippen LogP contribution < -0.4 is 10.5 Å². The number of aryl methyl sites for hydroxylation is 1. The summed E-state index contributed by atoms with van der Waals surface area (Å²) in [6, 6.07) is 14.7. The first-order chi connectivity index (χ1) is 15.1. The molecule has 0 N–H and O–H groups in total. The molecule has 0 spiro atoms. The van der Waals surface area contributed by atoms with Gasteiger partial charge in [-0.25, -0.2) is 4.68 Å². The third-order valence-electron chi connectivity index (χ3n) is 5.41. The number of benzene rings is 1. The Kier molecular flexibility index (Phi) is 6.62. The number of para-hydroxylation sites is 1. The molecule has 7 nitrogen and oxygen atoms in total. The minimum absolute atomic E-state index is 0.107. The van der Waals surface area contributed by atoms with E-state index in [-0.39, 0.29) is 11.5 Å². The molecule has 8 heteroatoms. The fraction of sp³-hybridized carbons (Fsp3) is 0.304. The van der Waals surface area contributed by atoms with Gasteiger partial charge in [-0.3, -0.25) is 14.6 Å². The quantitative estimate of drug-likeness (QED) is 0.592. The topological polar surface area (TPSA) is 71.3 Å². The maximum Gasteiger partial charge on any atom is 0.266 e. The lowest BCUT2D eigenvalue weighted by molar-refractivity contribution is -0.131. The summed E-state index contributed by atoms with van der Waals surface area (Å²) >= 11 is 6.29. The second-order valence-electron chi connectivity index (χ2n) is 7.44. The number of halogens is 1. The summed E-state index contributed by atoms with van der Waals surface area (Å²) in [5.74, 6) is 0.107. The predicted molar refractivity (Wildman–Crippen MR) is 121 cm³/mol. The third kappa shape index (κ3) is 5.11. The van der Waals surface area contributed by atoms with Gasteiger partial charge in [0, 0.05) is 63.2 Å². The highest BCUT2D eigenvalue weighted by Crippen LogP contribution is 2.26. The zero-order chi connectivity index (χ0) is 21.6. The highest BCUT2D eigenvalue weighted by Gasteiger charge is 2.22. The van der Waals surface area contributed by atoms with Crippen LogP contribution in [-0.4, -0.2) is 51.8 Å². The van der Waals surface area contributed by atoms with Gasteiger partial charge in [0.2, 0.25) is 5.91 Å². The van der Waals surface area contributed by atoms with Crippen LogP contribution in [0.2, 0.25) is 5.02 Å². The Morgan fingerprint density at radius 2 is 1.81 bits per heavy atom. The number of hydrogen-bond donors (Lipinski definition) is 0. The highest BCUT2D eigenvalue weighted by molar-refractivity contribution is 6.33. The maximum atomic E-state index is 12.6. The van der Waals surface area contributed by atoms with E-state index in [1.807, 2.05) is 41.3 Å². The first-order valence-electron chi connectivity index (χ1n) is 10.4. The summed E-state index contributed by atoms with van der Waals surface area (Å²) in [5.41, 5.74) is 2.38. The molecule has 0 aliphatic carbocycles. The van der Waals surface area contributed by atoms with E-state index in [9.17, 15) is 9.59 Å². The van der Waals surface area contributed by atoms with E-state index in [1.54, 1.807) is 18.5 Å². The lowest BCUT2D eigenvalue weighted by Crippen LogP contribution is -2.48. The van der Waals surface area contributed by atoms with E-state index in [0.29, 0.717) is 38.2 Å². The molecule has 4 rings (SSSR count). The van der Waals surface area contributed by atoms with E-state index >= 15 is 0 Å². The fourth-order valence-corrected chi connectivity index (χ4v) is 3.98. The van der Waals surface area contributed by atoms with Gasteiger partial charge in [0.25, 0.3) is 5.56 Å². The van der Waals surface area contributed by atoms with Crippen LogP contribution in [0.5, 0.6) is 0 Å². The van der Waals surface area contributed by atoms with Gasteiger partial charge in [0.15, 0.2) is 0 Å². The Morgan fingerprint density at radius 3 is 2.55 bits per heavy atom. The van der Waals surface area contributed by atoms with Crippen molar-refractivity contribution >= 4 is 23.2 Å². The van der Waals surface area contributed by atoms with Crippen molar-refractivity contribution in [2.24, 2.45) is 0 Å². The van der Waals surface area contributed by atoms with Crippen molar-refractivity contribution in [2.45, 2.75) is 19.4 Å². The molecule has 0 unspecified atom stereocenters. The molecule has 1 aromatic carbocycles. The number of amides is 1. The molecule has 0 radical (unpaired) electrons. The second-order valence-corrected chi connectivity index (χ2v) is 7.85. The molecular weight excluding hydrogens is 414 g/mol. The third-order valence-corrected chi connectivity index (χ3v) is 5.73. The van der Waals surface area contributed by atoms with Crippen LogP contribution in [0.4, 0.5) is 5.69 Å². The van der Waals surface area contributed by atoms with Gasteiger partial charge < -0.3 is 9.80 Å². The maximum absolute atomic E-state index is 12.6. The van der Waals surface area contributed by atoms with Crippen molar-refractivity contribution in [1.82, 2.24) is 19.7 Å². The number of hydrogen-bond acceptors (Lipinski definition) is 5. The first-order valence-corrected chi connectivity index (χ1v) is 10.8. The molecule has 1 saturated heterocycles. The van der Waals surface area contributed by atoms with Gasteiger partial charge in [0.05, 0.1) is 16.4 Å². The summed E-state index contributed by atoms with van der Waals surface area (Å²) in [5, 5.41) is 5.15. The molecule has 31 heavy (non-hydrogen) atoms. The Morgan fingerprint density at radius 1 is 1.00 bits per heavy atom. The monoisotopic (exact) mass is 437 g/mol. The predicted octanol–water partition coefficient (Wildman–Crippen LogP) is 3.09. The van der Waals surface area contributed by atoms with Crippen molar-refractivity contribution in [3.8, 4) is 11.3 Å². The number of piperazine rings is 1. The van der Waals surface area contributed by atoms with Crippen molar-refractivity contribution < 1.29 is 4.79 Å². The minimum atomic E-state index is -0.173.